The first-order chi connectivity index (χ1) is 9.19. The number of carbonyl (C=O) groups is 1. The Morgan fingerprint density at radius 3 is 2.68 bits per heavy atom. The molecule has 1 rings (SSSR count). The zero-order chi connectivity index (χ0) is 14.1. The quantitative estimate of drug-likeness (QED) is 0.705. The topological polar surface area (TPSA) is 55.8 Å². The molecule has 106 valence electrons. The van der Waals surface area contributed by atoms with Crippen LogP contribution in [0.1, 0.15) is 30.6 Å². The van der Waals surface area contributed by atoms with E-state index in [9.17, 15) is 4.79 Å². The van der Waals surface area contributed by atoms with Crippen molar-refractivity contribution in [3.63, 3.8) is 0 Å². The fourth-order valence-electron chi connectivity index (χ4n) is 1.46. The second-order valence-electron chi connectivity index (χ2n) is 3.86. The third-order valence-electron chi connectivity index (χ3n) is 2.35. The minimum absolute atomic E-state index is 0.172. The third-order valence-corrected chi connectivity index (χ3v) is 3.21. The van der Waals surface area contributed by atoms with Gasteiger partial charge in [0.1, 0.15) is 17.1 Å². The molecule has 4 nitrogen and oxygen atoms in total. The normalized spacial score (nSPS) is 10.2. The Bertz CT molecular complexity index is 406. The summed E-state index contributed by atoms with van der Waals surface area (Å²) in [4.78, 5) is 11.1. The number of benzene rings is 1. The minimum Gasteiger partial charge on any atom is -0.493 e. The van der Waals surface area contributed by atoms with E-state index in [4.69, 9.17) is 14.6 Å². The van der Waals surface area contributed by atoms with Gasteiger partial charge < -0.3 is 14.6 Å². The van der Waals surface area contributed by atoms with Crippen molar-refractivity contribution >= 4 is 17.7 Å². The molecule has 0 aliphatic rings. The van der Waals surface area contributed by atoms with Crippen LogP contribution in [0.2, 0.25) is 0 Å². The van der Waals surface area contributed by atoms with Crippen molar-refractivity contribution in [2.75, 3.05) is 24.7 Å². The van der Waals surface area contributed by atoms with E-state index in [1.54, 1.807) is 23.9 Å². The van der Waals surface area contributed by atoms with Gasteiger partial charge in [0.05, 0.1) is 13.2 Å². The highest BCUT2D eigenvalue weighted by molar-refractivity contribution is 7.99. The number of carboxylic acid groups (broad SMARTS) is 1. The van der Waals surface area contributed by atoms with Gasteiger partial charge in [0.15, 0.2) is 0 Å². The first-order valence-electron chi connectivity index (χ1n) is 6.39. The van der Waals surface area contributed by atoms with E-state index in [0.717, 1.165) is 17.9 Å². The van der Waals surface area contributed by atoms with Gasteiger partial charge in [-0.25, -0.2) is 4.79 Å². The van der Waals surface area contributed by atoms with Gasteiger partial charge >= 0.3 is 5.97 Å². The number of thioether (sulfide) groups is 1. The molecule has 0 aromatic heterocycles. The smallest absolute Gasteiger partial charge is 0.339 e. The van der Waals surface area contributed by atoms with Gasteiger partial charge in [-0.1, -0.05) is 13.8 Å². The highest BCUT2D eigenvalue weighted by Crippen LogP contribution is 2.25. The molecule has 0 aliphatic heterocycles. The van der Waals surface area contributed by atoms with Crippen molar-refractivity contribution in [3.05, 3.63) is 23.8 Å². The molecule has 0 unspecified atom stereocenters. The Labute approximate surface area is 118 Å². The van der Waals surface area contributed by atoms with E-state index >= 15 is 0 Å². The Balaban J connectivity index is 2.74. The van der Waals surface area contributed by atoms with E-state index < -0.39 is 5.97 Å². The van der Waals surface area contributed by atoms with Crippen LogP contribution >= 0.6 is 11.8 Å². The summed E-state index contributed by atoms with van der Waals surface area (Å²) in [7, 11) is 0. The number of rotatable bonds is 9. The fourth-order valence-corrected chi connectivity index (χ4v) is 1.95. The molecule has 0 atom stereocenters. The van der Waals surface area contributed by atoms with Crippen molar-refractivity contribution in [1.82, 2.24) is 0 Å². The van der Waals surface area contributed by atoms with Gasteiger partial charge in [-0.2, -0.15) is 11.8 Å². The lowest BCUT2D eigenvalue weighted by molar-refractivity contribution is 0.0692. The average Bonchev–Trinajstić information content (AvgIpc) is 2.41. The van der Waals surface area contributed by atoms with Gasteiger partial charge in [0, 0.05) is 11.8 Å². The summed E-state index contributed by atoms with van der Waals surface area (Å²) in [6.07, 6.45) is 0.907. The molecular weight excluding hydrogens is 264 g/mol. The molecule has 0 aliphatic carbocycles. The molecule has 19 heavy (non-hydrogen) atoms. The summed E-state index contributed by atoms with van der Waals surface area (Å²) < 4.78 is 11.0. The van der Waals surface area contributed by atoms with Gasteiger partial charge in [-0.05, 0) is 24.3 Å². The van der Waals surface area contributed by atoms with Crippen LogP contribution in [0.15, 0.2) is 18.2 Å². The Kier molecular flexibility index (Phi) is 7.18. The lowest BCUT2D eigenvalue weighted by Gasteiger charge is -2.11. The molecule has 0 fully saturated rings. The summed E-state index contributed by atoms with van der Waals surface area (Å²) in [5, 5.41) is 9.11. The number of ether oxygens (including phenoxy) is 2. The van der Waals surface area contributed by atoms with Gasteiger partial charge in [-0.3, -0.25) is 0 Å². The third kappa shape index (κ3) is 5.42. The largest absolute Gasteiger partial charge is 0.493 e. The zero-order valence-electron chi connectivity index (χ0n) is 11.3. The van der Waals surface area contributed by atoms with Gasteiger partial charge in [0.25, 0.3) is 0 Å². The molecule has 1 aromatic carbocycles. The van der Waals surface area contributed by atoms with Crippen LogP contribution in [-0.4, -0.2) is 35.8 Å². The summed E-state index contributed by atoms with van der Waals surface area (Å²) >= 11 is 1.76. The summed E-state index contributed by atoms with van der Waals surface area (Å²) in [6.45, 7) is 5.20. The van der Waals surface area contributed by atoms with Crippen molar-refractivity contribution in [2.24, 2.45) is 0 Å². The molecule has 5 heteroatoms. The number of hydrogen-bond acceptors (Lipinski definition) is 4. The predicted molar refractivity (Wildman–Crippen MR) is 77.7 cm³/mol. The lowest BCUT2D eigenvalue weighted by atomic mass is 10.2. The molecule has 0 radical (unpaired) electrons. The van der Waals surface area contributed by atoms with Crippen LogP contribution in [0, 0.1) is 0 Å². The van der Waals surface area contributed by atoms with Crippen LogP contribution in [0.4, 0.5) is 0 Å². The number of aromatic carboxylic acids is 1. The van der Waals surface area contributed by atoms with Gasteiger partial charge in [0.2, 0.25) is 0 Å². The highest BCUT2D eigenvalue weighted by Gasteiger charge is 2.12. The first kappa shape index (κ1) is 15.7. The van der Waals surface area contributed by atoms with Crippen LogP contribution in [0.3, 0.4) is 0 Å². The monoisotopic (exact) mass is 284 g/mol. The molecule has 0 bridgehead atoms. The zero-order valence-corrected chi connectivity index (χ0v) is 12.2. The second kappa shape index (κ2) is 8.69. The average molecular weight is 284 g/mol. The Hall–Kier alpha value is -1.36. The Morgan fingerprint density at radius 1 is 1.26 bits per heavy atom. The molecule has 1 aromatic rings. The fraction of sp³-hybridized carbons (Fsp3) is 0.500. The maximum atomic E-state index is 11.1. The molecule has 0 spiro atoms. The highest BCUT2D eigenvalue weighted by atomic mass is 32.2. The van der Waals surface area contributed by atoms with Gasteiger partial charge in [-0.15, -0.1) is 0 Å². The number of hydrogen-bond donors (Lipinski definition) is 1. The molecule has 0 saturated heterocycles. The minimum atomic E-state index is -0.986. The van der Waals surface area contributed by atoms with Crippen LogP contribution in [-0.2, 0) is 0 Å². The Morgan fingerprint density at radius 2 is 2.05 bits per heavy atom. The van der Waals surface area contributed by atoms with E-state index in [0.29, 0.717) is 24.7 Å². The standard InChI is InChI=1S/C14H20O4S/c1-3-7-17-11-5-6-12(14(15)16)13(10-11)18-8-9-19-4-2/h5-6,10H,3-4,7-9H2,1-2H3,(H,15,16). The maximum Gasteiger partial charge on any atom is 0.339 e. The van der Waals surface area contributed by atoms with Crippen molar-refractivity contribution in [1.29, 1.82) is 0 Å². The van der Waals surface area contributed by atoms with Crippen molar-refractivity contribution in [3.8, 4) is 11.5 Å². The van der Waals surface area contributed by atoms with E-state index in [1.165, 1.54) is 6.07 Å². The summed E-state index contributed by atoms with van der Waals surface area (Å²) in [5.74, 6) is 1.90. The SMILES string of the molecule is CCCOc1ccc(C(=O)O)c(OCCSCC)c1. The molecule has 1 N–H and O–H groups in total. The van der Waals surface area contributed by atoms with E-state index in [1.807, 2.05) is 6.92 Å². The molecular formula is C14H20O4S. The van der Waals surface area contributed by atoms with Crippen molar-refractivity contribution in [2.45, 2.75) is 20.3 Å². The molecule has 0 saturated carbocycles. The van der Waals surface area contributed by atoms with Crippen molar-refractivity contribution < 1.29 is 19.4 Å². The second-order valence-corrected chi connectivity index (χ2v) is 5.25. The first-order valence-corrected chi connectivity index (χ1v) is 7.55. The van der Waals surface area contributed by atoms with Crippen LogP contribution in [0.5, 0.6) is 11.5 Å². The summed E-state index contributed by atoms with van der Waals surface area (Å²) in [5.41, 5.74) is 0.172. The van der Waals surface area contributed by atoms with Crippen LogP contribution in [0.25, 0.3) is 0 Å². The van der Waals surface area contributed by atoms with Crippen LogP contribution < -0.4 is 9.47 Å². The molecule has 0 heterocycles. The lowest BCUT2D eigenvalue weighted by Crippen LogP contribution is -2.07. The summed E-state index contributed by atoms with van der Waals surface area (Å²) in [6, 6.07) is 4.83. The predicted octanol–water partition coefficient (Wildman–Crippen LogP) is 3.31. The maximum absolute atomic E-state index is 11.1. The van der Waals surface area contributed by atoms with E-state index in [2.05, 4.69) is 6.92 Å². The number of carboxylic acids is 1. The molecule has 0 amide bonds. The van der Waals surface area contributed by atoms with E-state index in [-0.39, 0.29) is 5.56 Å².